The number of hydrogen-bond acceptors (Lipinski definition) is 3. The molecule has 86 valence electrons. The van der Waals surface area contributed by atoms with Gasteiger partial charge in [0.05, 0.1) is 11.2 Å². The molecule has 1 N–H and O–H groups in total. The van der Waals surface area contributed by atoms with E-state index in [9.17, 15) is 0 Å². The van der Waals surface area contributed by atoms with Crippen molar-refractivity contribution in [1.29, 1.82) is 0 Å². The summed E-state index contributed by atoms with van der Waals surface area (Å²) in [4.78, 5) is 0. The fraction of sp³-hybridized carbons (Fsp3) is 0.818. The summed E-state index contributed by atoms with van der Waals surface area (Å²) < 4.78 is 1.93. The smallest absolute Gasteiger partial charge is 0.0880 e. The van der Waals surface area contributed by atoms with E-state index in [-0.39, 0.29) is 11.0 Å². The summed E-state index contributed by atoms with van der Waals surface area (Å²) in [5, 5.41) is 11.6. The van der Waals surface area contributed by atoms with Crippen LogP contribution in [0.15, 0.2) is 6.20 Å². The van der Waals surface area contributed by atoms with Gasteiger partial charge in [0.1, 0.15) is 0 Å². The average molecular weight is 210 g/mol. The third-order valence-corrected chi connectivity index (χ3v) is 2.49. The quantitative estimate of drug-likeness (QED) is 0.822. The Kier molecular flexibility index (Phi) is 3.19. The van der Waals surface area contributed by atoms with Gasteiger partial charge in [-0.2, -0.15) is 0 Å². The summed E-state index contributed by atoms with van der Waals surface area (Å²) in [6, 6.07) is 0. The van der Waals surface area contributed by atoms with E-state index < -0.39 is 0 Å². The molecule has 4 nitrogen and oxygen atoms in total. The maximum atomic E-state index is 4.22. The third-order valence-electron chi connectivity index (χ3n) is 2.49. The molecule has 0 spiro atoms. The summed E-state index contributed by atoms with van der Waals surface area (Å²) in [6.07, 6.45) is 2.04. The maximum absolute atomic E-state index is 4.22. The largest absolute Gasteiger partial charge is 0.317 e. The SMILES string of the molecule is CNCC(C)(C)n1cc(C(C)(C)C)nn1. The first kappa shape index (κ1) is 12.2. The third kappa shape index (κ3) is 2.78. The highest BCUT2D eigenvalue weighted by atomic mass is 15.5. The molecule has 1 aromatic rings. The van der Waals surface area contributed by atoms with Gasteiger partial charge in [-0.15, -0.1) is 5.10 Å². The Morgan fingerprint density at radius 1 is 1.27 bits per heavy atom. The number of hydrogen-bond donors (Lipinski definition) is 1. The summed E-state index contributed by atoms with van der Waals surface area (Å²) in [6.45, 7) is 11.6. The van der Waals surface area contributed by atoms with Crippen LogP contribution in [0.2, 0.25) is 0 Å². The number of aromatic nitrogens is 3. The normalized spacial score (nSPS) is 13.2. The zero-order chi connectivity index (χ0) is 11.7. The molecule has 1 rings (SSSR count). The second-order valence-electron chi connectivity index (χ2n) is 5.64. The lowest BCUT2D eigenvalue weighted by atomic mass is 9.93. The number of likely N-dealkylation sites (N-methyl/N-ethyl adjacent to an activating group) is 1. The first-order chi connectivity index (χ1) is 6.77. The highest BCUT2D eigenvalue weighted by Gasteiger charge is 2.24. The van der Waals surface area contributed by atoms with Crippen molar-refractivity contribution < 1.29 is 0 Å². The lowest BCUT2D eigenvalue weighted by molar-refractivity contribution is 0.303. The molecule has 0 atom stereocenters. The molecule has 1 heterocycles. The van der Waals surface area contributed by atoms with Gasteiger partial charge in [0.15, 0.2) is 0 Å². The Bertz CT molecular complexity index is 320. The molecule has 0 aliphatic rings. The van der Waals surface area contributed by atoms with E-state index in [0.717, 1.165) is 12.2 Å². The van der Waals surface area contributed by atoms with E-state index in [1.54, 1.807) is 0 Å². The highest BCUT2D eigenvalue weighted by Crippen LogP contribution is 2.21. The van der Waals surface area contributed by atoms with Crippen LogP contribution >= 0.6 is 0 Å². The first-order valence-corrected chi connectivity index (χ1v) is 5.35. The van der Waals surface area contributed by atoms with Crippen LogP contribution in [0, 0.1) is 0 Å². The molecule has 0 aliphatic heterocycles. The lowest BCUT2D eigenvalue weighted by Gasteiger charge is -2.24. The molecule has 15 heavy (non-hydrogen) atoms. The molecule has 0 radical (unpaired) electrons. The van der Waals surface area contributed by atoms with Crippen LogP contribution in [-0.2, 0) is 11.0 Å². The average Bonchev–Trinajstić information content (AvgIpc) is 2.50. The van der Waals surface area contributed by atoms with Gasteiger partial charge in [-0.05, 0) is 20.9 Å². The van der Waals surface area contributed by atoms with Crippen LogP contribution in [0.4, 0.5) is 0 Å². The van der Waals surface area contributed by atoms with Gasteiger partial charge in [0.2, 0.25) is 0 Å². The fourth-order valence-corrected chi connectivity index (χ4v) is 1.42. The molecule has 0 aromatic carbocycles. The van der Waals surface area contributed by atoms with Crippen molar-refractivity contribution in [2.75, 3.05) is 13.6 Å². The predicted molar refractivity (Wildman–Crippen MR) is 62.0 cm³/mol. The van der Waals surface area contributed by atoms with Crippen molar-refractivity contribution in [2.45, 2.75) is 45.6 Å². The van der Waals surface area contributed by atoms with Crippen molar-refractivity contribution >= 4 is 0 Å². The highest BCUT2D eigenvalue weighted by molar-refractivity contribution is 5.07. The Labute approximate surface area is 92.1 Å². The van der Waals surface area contributed by atoms with Gasteiger partial charge in [-0.25, -0.2) is 4.68 Å². The van der Waals surface area contributed by atoms with Crippen LogP contribution in [0.1, 0.15) is 40.3 Å². The van der Waals surface area contributed by atoms with Crippen molar-refractivity contribution in [2.24, 2.45) is 0 Å². The monoisotopic (exact) mass is 210 g/mol. The standard InChI is InChI=1S/C11H22N4/c1-10(2,3)9-7-15(14-13-9)11(4,5)8-12-6/h7,12H,8H2,1-6H3. The number of nitrogens with one attached hydrogen (secondary N) is 1. The van der Waals surface area contributed by atoms with E-state index in [2.05, 4.69) is 50.2 Å². The van der Waals surface area contributed by atoms with E-state index in [4.69, 9.17) is 0 Å². The topological polar surface area (TPSA) is 42.7 Å². The van der Waals surface area contributed by atoms with E-state index >= 15 is 0 Å². The molecule has 0 unspecified atom stereocenters. The van der Waals surface area contributed by atoms with Gasteiger partial charge in [-0.3, -0.25) is 0 Å². The van der Waals surface area contributed by atoms with Gasteiger partial charge < -0.3 is 5.32 Å². The lowest BCUT2D eigenvalue weighted by Crippen LogP contribution is -2.37. The Morgan fingerprint density at radius 3 is 2.27 bits per heavy atom. The van der Waals surface area contributed by atoms with Gasteiger partial charge in [0, 0.05) is 18.2 Å². The molecule has 0 aliphatic carbocycles. The molecular weight excluding hydrogens is 188 g/mol. The van der Waals surface area contributed by atoms with Gasteiger partial charge in [0.25, 0.3) is 0 Å². The van der Waals surface area contributed by atoms with Crippen LogP contribution in [0.25, 0.3) is 0 Å². The minimum atomic E-state index is -0.0365. The summed E-state index contributed by atoms with van der Waals surface area (Å²) >= 11 is 0. The van der Waals surface area contributed by atoms with E-state index in [1.165, 1.54) is 0 Å². The van der Waals surface area contributed by atoms with Crippen molar-refractivity contribution in [1.82, 2.24) is 20.3 Å². The molecule has 0 fully saturated rings. The molecular formula is C11H22N4. The zero-order valence-electron chi connectivity index (χ0n) is 10.6. The number of rotatable bonds is 3. The Hall–Kier alpha value is -0.900. The minimum Gasteiger partial charge on any atom is -0.317 e. The Morgan fingerprint density at radius 2 is 1.87 bits per heavy atom. The van der Waals surface area contributed by atoms with Crippen molar-refractivity contribution in [3.8, 4) is 0 Å². The number of nitrogens with zero attached hydrogens (tertiary/aromatic N) is 3. The molecule has 0 saturated carbocycles. The summed E-state index contributed by atoms with van der Waals surface area (Å²) in [7, 11) is 1.95. The summed E-state index contributed by atoms with van der Waals surface area (Å²) in [5.41, 5.74) is 1.06. The van der Waals surface area contributed by atoms with Crippen LogP contribution in [0.3, 0.4) is 0 Å². The molecule has 4 heteroatoms. The Balaban J connectivity index is 2.94. The van der Waals surface area contributed by atoms with Crippen molar-refractivity contribution in [3.05, 3.63) is 11.9 Å². The second-order valence-corrected chi connectivity index (χ2v) is 5.64. The van der Waals surface area contributed by atoms with E-state index in [0.29, 0.717) is 0 Å². The molecule has 0 saturated heterocycles. The molecule has 1 aromatic heterocycles. The molecule has 0 amide bonds. The van der Waals surface area contributed by atoms with Crippen LogP contribution in [0.5, 0.6) is 0 Å². The second kappa shape index (κ2) is 3.93. The predicted octanol–water partition coefficient (Wildman–Crippen LogP) is 1.53. The zero-order valence-corrected chi connectivity index (χ0v) is 10.6. The first-order valence-electron chi connectivity index (χ1n) is 5.35. The maximum Gasteiger partial charge on any atom is 0.0880 e. The van der Waals surface area contributed by atoms with Gasteiger partial charge in [-0.1, -0.05) is 26.0 Å². The minimum absolute atomic E-state index is 0.0365. The fourth-order valence-electron chi connectivity index (χ4n) is 1.42. The van der Waals surface area contributed by atoms with E-state index in [1.807, 2.05) is 17.9 Å². The van der Waals surface area contributed by atoms with Crippen LogP contribution < -0.4 is 5.32 Å². The summed E-state index contributed by atoms with van der Waals surface area (Å²) in [5.74, 6) is 0. The molecule has 0 bridgehead atoms. The van der Waals surface area contributed by atoms with Gasteiger partial charge >= 0.3 is 0 Å². The van der Waals surface area contributed by atoms with Crippen molar-refractivity contribution in [3.63, 3.8) is 0 Å². The van der Waals surface area contributed by atoms with Crippen LogP contribution in [-0.4, -0.2) is 28.6 Å².